The topological polar surface area (TPSA) is 32.3 Å². The Morgan fingerprint density at radius 2 is 1.93 bits per heavy atom. The van der Waals surface area contributed by atoms with Crippen molar-refractivity contribution in [3.8, 4) is 5.75 Å². The van der Waals surface area contributed by atoms with Gasteiger partial charge in [0.2, 0.25) is 5.82 Å². The zero-order chi connectivity index (χ0) is 10.7. The van der Waals surface area contributed by atoms with Crippen molar-refractivity contribution < 1.29 is 18.3 Å². The number of benzene rings is 1. The quantitative estimate of drug-likeness (QED) is 0.734. The third kappa shape index (κ3) is 1.98. The van der Waals surface area contributed by atoms with Gasteiger partial charge in [0.1, 0.15) is 0 Å². The van der Waals surface area contributed by atoms with Crippen LogP contribution < -0.4 is 5.32 Å². The van der Waals surface area contributed by atoms with E-state index >= 15 is 0 Å². The van der Waals surface area contributed by atoms with Crippen LogP contribution in [0.4, 0.5) is 13.2 Å². The van der Waals surface area contributed by atoms with Gasteiger partial charge in [0.15, 0.2) is 17.4 Å². The fourth-order valence-corrected chi connectivity index (χ4v) is 1.08. The molecular weight excluding hydrogens is 195 g/mol. The number of nitrogens with one attached hydrogen (secondary N) is 1. The van der Waals surface area contributed by atoms with E-state index in [9.17, 15) is 13.2 Å². The van der Waals surface area contributed by atoms with E-state index in [0.717, 1.165) is 6.07 Å². The monoisotopic (exact) mass is 205 g/mol. The van der Waals surface area contributed by atoms with Gasteiger partial charge >= 0.3 is 0 Å². The lowest BCUT2D eigenvalue weighted by atomic mass is 10.1. The number of aromatic hydroxyl groups is 1. The molecular formula is C9H10F3NO. The predicted octanol–water partition coefficient (Wildman–Crippen LogP) is 1.57. The van der Waals surface area contributed by atoms with Gasteiger partial charge < -0.3 is 10.4 Å². The second-order valence-corrected chi connectivity index (χ2v) is 2.85. The zero-order valence-corrected chi connectivity index (χ0v) is 7.57. The maximum absolute atomic E-state index is 13.1. The summed E-state index contributed by atoms with van der Waals surface area (Å²) < 4.78 is 38.4. The van der Waals surface area contributed by atoms with Crippen molar-refractivity contribution in [1.29, 1.82) is 0 Å². The van der Waals surface area contributed by atoms with Gasteiger partial charge in [-0.2, -0.15) is 4.39 Å². The highest BCUT2D eigenvalue weighted by Gasteiger charge is 2.17. The number of phenols is 1. The average molecular weight is 205 g/mol. The molecule has 0 bridgehead atoms. The predicted molar refractivity (Wildman–Crippen MR) is 45.6 cm³/mol. The Labute approximate surface area is 79.4 Å². The summed E-state index contributed by atoms with van der Waals surface area (Å²) >= 11 is 0. The molecule has 0 aliphatic heterocycles. The van der Waals surface area contributed by atoms with Gasteiger partial charge in [0, 0.05) is 0 Å². The van der Waals surface area contributed by atoms with E-state index in [0.29, 0.717) is 6.54 Å². The third-order valence-electron chi connectivity index (χ3n) is 1.85. The SMILES string of the molecule is CNCCc1cc(F)c(F)c(O)c1F. The molecule has 0 fully saturated rings. The minimum absolute atomic E-state index is 0.0456. The Morgan fingerprint density at radius 3 is 2.50 bits per heavy atom. The number of rotatable bonds is 3. The van der Waals surface area contributed by atoms with Gasteiger partial charge in [-0.25, -0.2) is 8.78 Å². The molecule has 0 amide bonds. The molecule has 0 atom stereocenters. The second-order valence-electron chi connectivity index (χ2n) is 2.85. The lowest BCUT2D eigenvalue weighted by Gasteiger charge is -2.05. The molecule has 5 heteroatoms. The van der Waals surface area contributed by atoms with E-state index in [2.05, 4.69) is 5.32 Å². The Bertz CT molecular complexity index is 341. The van der Waals surface area contributed by atoms with Gasteiger partial charge in [0.25, 0.3) is 0 Å². The largest absolute Gasteiger partial charge is 0.503 e. The summed E-state index contributed by atoms with van der Waals surface area (Å²) in [5.74, 6) is -5.14. The number of phenolic OH excluding ortho intramolecular Hbond substituents is 1. The van der Waals surface area contributed by atoms with Crippen LogP contribution in [-0.4, -0.2) is 18.7 Å². The molecule has 0 aliphatic carbocycles. The summed E-state index contributed by atoms with van der Waals surface area (Å²) in [5, 5.41) is 11.6. The van der Waals surface area contributed by atoms with Crippen LogP contribution in [0, 0.1) is 17.5 Å². The van der Waals surface area contributed by atoms with Crippen molar-refractivity contribution in [2.24, 2.45) is 0 Å². The number of hydrogen-bond donors (Lipinski definition) is 2. The molecule has 78 valence electrons. The smallest absolute Gasteiger partial charge is 0.203 e. The minimum Gasteiger partial charge on any atom is -0.503 e. The first-order valence-electron chi connectivity index (χ1n) is 4.08. The van der Waals surface area contributed by atoms with Crippen LogP contribution >= 0.6 is 0 Å². The van der Waals surface area contributed by atoms with Crippen LogP contribution in [0.15, 0.2) is 6.07 Å². The summed E-state index contributed by atoms with van der Waals surface area (Å²) in [6, 6.07) is 0.752. The lowest BCUT2D eigenvalue weighted by Crippen LogP contribution is -2.11. The van der Waals surface area contributed by atoms with Crippen molar-refractivity contribution >= 4 is 0 Å². The standard InChI is InChI=1S/C9H10F3NO/c1-13-3-2-5-4-6(10)8(12)9(14)7(5)11/h4,13-14H,2-3H2,1H3. The molecule has 0 unspecified atom stereocenters. The fourth-order valence-electron chi connectivity index (χ4n) is 1.08. The first-order valence-corrected chi connectivity index (χ1v) is 4.08. The van der Waals surface area contributed by atoms with Crippen LogP contribution in [0.2, 0.25) is 0 Å². The normalized spacial score (nSPS) is 10.6. The zero-order valence-electron chi connectivity index (χ0n) is 7.57. The summed E-state index contributed by atoms with van der Waals surface area (Å²) in [7, 11) is 1.65. The first kappa shape index (κ1) is 10.8. The Morgan fingerprint density at radius 1 is 1.29 bits per heavy atom. The first-order chi connectivity index (χ1) is 6.57. The highest BCUT2D eigenvalue weighted by molar-refractivity contribution is 5.32. The summed E-state index contributed by atoms with van der Waals surface area (Å²) in [6.07, 6.45) is 0.188. The van der Waals surface area contributed by atoms with Crippen LogP contribution in [-0.2, 0) is 6.42 Å². The molecule has 0 spiro atoms. The van der Waals surface area contributed by atoms with Crippen molar-refractivity contribution in [3.63, 3.8) is 0 Å². The fraction of sp³-hybridized carbons (Fsp3) is 0.333. The summed E-state index contributed by atoms with van der Waals surface area (Å²) in [6.45, 7) is 0.418. The molecule has 0 aromatic heterocycles. The minimum atomic E-state index is -1.55. The highest BCUT2D eigenvalue weighted by atomic mass is 19.2. The van der Waals surface area contributed by atoms with Crippen molar-refractivity contribution in [2.45, 2.75) is 6.42 Å². The molecule has 2 nitrogen and oxygen atoms in total. The Hall–Kier alpha value is -1.23. The molecule has 0 heterocycles. The van der Waals surface area contributed by atoms with E-state index in [1.165, 1.54) is 0 Å². The van der Waals surface area contributed by atoms with Crippen LogP contribution in [0.1, 0.15) is 5.56 Å². The number of hydrogen-bond acceptors (Lipinski definition) is 2. The summed E-state index contributed by atoms with van der Waals surface area (Å²) in [5.41, 5.74) is -0.0456. The molecule has 14 heavy (non-hydrogen) atoms. The highest BCUT2D eigenvalue weighted by Crippen LogP contribution is 2.25. The Kier molecular flexibility index (Phi) is 3.35. The molecule has 2 N–H and O–H groups in total. The van der Waals surface area contributed by atoms with E-state index in [1.807, 2.05) is 0 Å². The lowest BCUT2D eigenvalue weighted by molar-refractivity contribution is 0.373. The third-order valence-corrected chi connectivity index (χ3v) is 1.85. The Balaban J connectivity index is 3.06. The second kappa shape index (κ2) is 4.32. The van der Waals surface area contributed by atoms with E-state index in [1.54, 1.807) is 7.05 Å². The van der Waals surface area contributed by atoms with Crippen molar-refractivity contribution in [3.05, 3.63) is 29.1 Å². The van der Waals surface area contributed by atoms with E-state index in [4.69, 9.17) is 5.11 Å². The maximum Gasteiger partial charge on any atom is 0.203 e. The van der Waals surface area contributed by atoms with Crippen molar-refractivity contribution in [1.82, 2.24) is 5.32 Å². The van der Waals surface area contributed by atoms with E-state index in [-0.39, 0.29) is 12.0 Å². The van der Waals surface area contributed by atoms with Gasteiger partial charge in [0.05, 0.1) is 0 Å². The van der Waals surface area contributed by atoms with Crippen LogP contribution in [0.5, 0.6) is 5.75 Å². The molecule has 0 saturated carbocycles. The number of halogens is 3. The van der Waals surface area contributed by atoms with Crippen LogP contribution in [0.3, 0.4) is 0 Å². The summed E-state index contributed by atoms with van der Waals surface area (Å²) in [4.78, 5) is 0. The average Bonchev–Trinajstić information content (AvgIpc) is 2.18. The molecule has 1 rings (SSSR count). The maximum atomic E-state index is 13.1. The molecule has 1 aromatic carbocycles. The van der Waals surface area contributed by atoms with Gasteiger partial charge in [-0.05, 0) is 31.6 Å². The van der Waals surface area contributed by atoms with Gasteiger partial charge in [-0.3, -0.25) is 0 Å². The van der Waals surface area contributed by atoms with Crippen LogP contribution in [0.25, 0.3) is 0 Å². The molecule has 0 radical (unpaired) electrons. The molecule has 1 aromatic rings. The van der Waals surface area contributed by atoms with E-state index < -0.39 is 23.2 Å². The number of likely N-dealkylation sites (N-methyl/N-ethyl adjacent to an activating group) is 1. The van der Waals surface area contributed by atoms with Crippen molar-refractivity contribution in [2.75, 3.05) is 13.6 Å². The van der Waals surface area contributed by atoms with Gasteiger partial charge in [-0.15, -0.1) is 0 Å². The molecule has 0 saturated heterocycles. The molecule has 0 aliphatic rings. The van der Waals surface area contributed by atoms with Gasteiger partial charge in [-0.1, -0.05) is 0 Å².